The zero-order chi connectivity index (χ0) is 14.5. The molecule has 1 atom stereocenters. The van der Waals surface area contributed by atoms with Gasteiger partial charge in [-0.15, -0.1) is 0 Å². The Morgan fingerprint density at radius 1 is 1.35 bits per heavy atom. The zero-order valence-electron chi connectivity index (χ0n) is 10.3. The maximum Gasteiger partial charge on any atom is 0.338 e. The molecular formula is C13H11FN2O4. The average molecular weight is 278 g/mol. The minimum atomic E-state index is -1.38. The smallest absolute Gasteiger partial charge is 0.338 e. The number of aromatic carboxylic acids is 1. The molecule has 1 aliphatic heterocycles. The number of benzene rings is 1. The van der Waals surface area contributed by atoms with Crippen LogP contribution in [0.5, 0.6) is 0 Å². The third-order valence-corrected chi connectivity index (χ3v) is 3.74. The number of imide groups is 1. The normalized spacial score (nSPS) is 25.2. The Morgan fingerprint density at radius 3 is 2.50 bits per heavy atom. The highest BCUT2D eigenvalue weighted by Gasteiger charge is 2.57. The van der Waals surface area contributed by atoms with Crippen LogP contribution in [0.25, 0.3) is 0 Å². The van der Waals surface area contributed by atoms with Crippen molar-refractivity contribution in [3.05, 3.63) is 35.1 Å². The van der Waals surface area contributed by atoms with E-state index in [-0.39, 0.29) is 11.5 Å². The second kappa shape index (κ2) is 4.03. The number of urea groups is 1. The summed E-state index contributed by atoms with van der Waals surface area (Å²) in [5, 5.41) is 13.5. The predicted molar refractivity (Wildman–Crippen MR) is 64.4 cm³/mol. The lowest BCUT2D eigenvalue weighted by Gasteiger charge is -2.26. The Kier molecular flexibility index (Phi) is 2.53. The topological polar surface area (TPSA) is 95.5 Å². The zero-order valence-corrected chi connectivity index (χ0v) is 10.3. The number of carboxylic acid groups (broad SMARTS) is 1. The molecular weight excluding hydrogens is 267 g/mol. The number of hydrogen-bond acceptors (Lipinski definition) is 3. The van der Waals surface area contributed by atoms with Crippen LogP contribution >= 0.6 is 0 Å². The number of hydrogen-bond donors (Lipinski definition) is 3. The fraction of sp³-hybridized carbons (Fsp3) is 0.308. The quantitative estimate of drug-likeness (QED) is 0.718. The first-order valence-corrected chi connectivity index (χ1v) is 6.12. The Labute approximate surface area is 113 Å². The summed E-state index contributed by atoms with van der Waals surface area (Å²) in [5.41, 5.74) is -1.48. The van der Waals surface area contributed by atoms with E-state index in [0.717, 1.165) is 25.0 Å². The van der Waals surface area contributed by atoms with Gasteiger partial charge in [0.25, 0.3) is 5.91 Å². The number of carbonyl (C=O) groups is 3. The van der Waals surface area contributed by atoms with Gasteiger partial charge in [-0.05, 0) is 36.5 Å². The first-order chi connectivity index (χ1) is 9.45. The molecule has 20 heavy (non-hydrogen) atoms. The third-order valence-electron chi connectivity index (χ3n) is 3.74. The first-order valence-electron chi connectivity index (χ1n) is 6.12. The summed E-state index contributed by atoms with van der Waals surface area (Å²) in [5.74, 6) is -2.92. The fourth-order valence-corrected chi connectivity index (χ4v) is 2.65. The summed E-state index contributed by atoms with van der Waals surface area (Å²) >= 11 is 0. The molecule has 2 fully saturated rings. The molecule has 0 radical (unpaired) electrons. The van der Waals surface area contributed by atoms with Crippen LogP contribution in [-0.2, 0) is 10.3 Å². The molecule has 1 unspecified atom stereocenters. The van der Waals surface area contributed by atoms with Crippen molar-refractivity contribution in [3.8, 4) is 0 Å². The van der Waals surface area contributed by atoms with Crippen LogP contribution in [0.2, 0.25) is 0 Å². The van der Waals surface area contributed by atoms with Crippen LogP contribution in [0.3, 0.4) is 0 Å². The van der Waals surface area contributed by atoms with Crippen molar-refractivity contribution >= 4 is 17.9 Å². The lowest BCUT2D eigenvalue weighted by Crippen LogP contribution is -2.46. The van der Waals surface area contributed by atoms with E-state index in [1.165, 1.54) is 6.07 Å². The van der Waals surface area contributed by atoms with Gasteiger partial charge in [-0.25, -0.2) is 14.0 Å². The Balaban J connectivity index is 2.10. The van der Waals surface area contributed by atoms with Crippen LogP contribution in [-0.4, -0.2) is 23.0 Å². The van der Waals surface area contributed by atoms with Gasteiger partial charge in [-0.1, -0.05) is 6.07 Å². The molecule has 1 heterocycles. The van der Waals surface area contributed by atoms with E-state index in [2.05, 4.69) is 10.6 Å². The summed E-state index contributed by atoms with van der Waals surface area (Å²) in [6.45, 7) is 0. The van der Waals surface area contributed by atoms with E-state index in [1.54, 1.807) is 0 Å². The van der Waals surface area contributed by atoms with Gasteiger partial charge in [0.15, 0.2) is 0 Å². The largest absolute Gasteiger partial charge is 0.478 e. The average Bonchev–Trinajstić information content (AvgIpc) is 3.15. The van der Waals surface area contributed by atoms with E-state index in [4.69, 9.17) is 5.11 Å². The Bertz CT molecular complexity index is 641. The van der Waals surface area contributed by atoms with Crippen LogP contribution < -0.4 is 10.6 Å². The van der Waals surface area contributed by atoms with Crippen molar-refractivity contribution in [2.24, 2.45) is 5.92 Å². The minimum Gasteiger partial charge on any atom is -0.478 e. The maximum atomic E-state index is 13.8. The Morgan fingerprint density at radius 2 is 2.05 bits per heavy atom. The summed E-state index contributed by atoms with van der Waals surface area (Å²) in [4.78, 5) is 34.3. The monoisotopic (exact) mass is 278 g/mol. The number of carboxylic acids is 1. The number of amides is 3. The molecule has 3 amide bonds. The number of carbonyl (C=O) groups excluding carboxylic acids is 2. The highest BCUT2D eigenvalue weighted by molar-refractivity contribution is 6.08. The van der Waals surface area contributed by atoms with Crippen molar-refractivity contribution in [1.29, 1.82) is 0 Å². The lowest BCUT2D eigenvalue weighted by molar-refractivity contribution is -0.125. The van der Waals surface area contributed by atoms with Crippen LogP contribution in [0.15, 0.2) is 18.2 Å². The summed E-state index contributed by atoms with van der Waals surface area (Å²) in [6.07, 6.45) is 1.49. The minimum absolute atomic E-state index is 0.0935. The summed E-state index contributed by atoms with van der Waals surface area (Å²) in [6, 6.07) is 2.86. The number of halogens is 1. The van der Waals surface area contributed by atoms with Crippen LogP contribution in [0, 0.1) is 11.7 Å². The van der Waals surface area contributed by atoms with Gasteiger partial charge < -0.3 is 10.4 Å². The van der Waals surface area contributed by atoms with Gasteiger partial charge in [-0.2, -0.15) is 0 Å². The molecule has 0 aromatic heterocycles. The fourth-order valence-electron chi connectivity index (χ4n) is 2.65. The van der Waals surface area contributed by atoms with E-state index in [9.17, 15) is 18.8 Å². The third kappa shape index (κ3) is 1.66. The van der Waals surface area contributed by atoms with Gasteiger partial charge >= 0.3 is 12.0 Å². The lowest BCUT2D eigenvalue weighted by atomic mass is 9.84. The molecule has 7 heteroatoms. The number of rotatable bonds is 3. The van der Waals surface area contributed by atoms with Crippen molar-refractivity contribution in [2.45, 2.75) is 18.4 Å². The molecule has 0 bridgehead atoms. The number of nitrogens with one attached hydrogen (secondary N) is 2. The molecule has 0 spiro atoms. The highest BCUT2D eigenvalue weighted by Crippen LogP contribution is 2.47. The highest BCUT2D eigenvalue weighted by atomic mass is 19.1. The first kappa shape index (κ1) is 12.6. The molecule has 2 aliphatic rings. The van der Waals surface area contributed by atoms with Gasteiger partial charge in [0.1, 0.15) is 11.4 Å². The molecule has 6 nitrogen and oxygen atoms in total. The van der Waals surface area contributed by atoms with E-state index in [0.29, 0.717) is 0 Å². The van der Waals surface area contributed by atoms with E-state index >= 15 is 0 Å². The molecule has 1 saturated carbocycles. The molecule has 1 aliphatic carbocycles. The second-order valence-corrected chi connectivity index (χ2v) is 4.99. The molecule has 3 rings (SSSR count). The van der Waals surface area contributed by atoms with Crippen LogP contribution in [0.4, 0.5) is 9.18 Å². The maximum absolute atomic E-state index is 13.8. The van der Waals surface area contributed by atoms with Gasteiger partial charge in [-0.3, -0.25) is 10.1 Å². The van der Waals surface area contributed by atoms with E-state index < -0.39 is 34.8 Å². The molecule has 1 aromatic carbocycles. The van der Waals surface area contributed by atoms with Crippen LogP contribution in [0.1, 0.15) is 28.8 Å². The van der Waals surface area contributed by atoms with Gasteiger partial charge in [0.2, 0.25) is 0 Å². The molecule has 1 aromatic rings. The molecule has 3 N–H and O–H groups in total. The second-order valence-electron chi connectivity index (χ2n) is 4.99. The summed E-state index contributed by atoms with van der Waals surface area (Å²) < 4.78 is 13.8. The Hall–Kier alpha value is -2.44. The summed E-state index contributed by atoms with van der Waals surface area (Å²) in [7, 11) is 0. The SMILES string of the molecule is O=C1NC(=O)C(c2ccc(C(=O)O)c(F)c2)(C2CC2)N1. The van der Waals surface area contributed by atoms with Crippen molar-refractivity contribution in [1.82, 2.24) is 10.6 Å². The standard InChI is InChI=1S/C13H11FN2O4/c14-9-5-7(3-4-8(9)10(17)18)13(6-1-2-6)11(19)15-12(20)16-13/h3-6H,1-2H2,(H,17,18)(H2,15,16,19,20). The van der Waals surface area contributed by atoms with Crippen molar-refractivity contribution < 1.29 is 23.9 Å². The van der Waals surface area contributed by atoms with E-state index in [1.807, 2.05) is 0 Å². The van der Waals surface area contributed by atoms with Crippen molar-refractivity contribution in [2.75, 3.05) is 0 Å². The predicted octanol–water partition coefficient (Wildman–Crippen LogP) is 0.969. The van der Waals surface area contributed by atoms with Gasteiger partial charge in [0.05, 0.1) is 5.56 Å². The van der Waals surface area contributed by atoms with Crippen molar-refractivity contribution in [3.63, 3.8) is 0 Å². The van der Waals surface area contributed by atoms with Gasteiger partial charge in [0, 0.05) is 0 Å². The molecule has 1 saturated heterocycles. The molecule has 104 valence electrons.